The van der Waals surface area contributed by atoms with Gasteiger partial charge in [-0.05, 0) is 38.5 Å². The van der Waals surface area contributed by atoms with Gasteiger partial charge in [0.15, 0.2) is 0 Å². The van der Waals surface area contributed by atoms with Crippen molar-refractivity contribution in [1.82, 2.24) is 9.97 Å². The molecule has 3 nitrogen and oxygen atoms in total. The number of anilines is 1. The van der Waals surface area contributed by atoms with Gasteiger partial charge in [0, 0.05) is 24.3 Å². The lowest BCUT2D eigenvalue weighted by Crippen LogP contribution is -2.42. The molecular formula is C14H18F3N3. The summed E-state index contributed by atoms with van der Waals surface area (Å²) in [4.78, 5) is 10.4. The normalized spacial score (nSPS) is 23.6. The van der Waals surface area contributed by atoms with Gasteiger partial charge in [0.2, 0.25) is 0 Å². The summed E-state index contributed by atoms with van der Waals surface area (Å²) < 4.78 is 38.7. The number of rotatable bonds is 1. The van der Waals surface area contributed by atoms with E-state index in [4.69, 9.17) is 0 Å². The Morgan fingerprint density at radius 2 is 1.90 bits per heavy atom. The van der Waals surface area contributed by atoms with Gasteiger partial charge in [0.25, 0.3) is 0 Å². The molecule has 0 spiro atoms. The lowest BCUT2D eigenvalue weighted by Gasteiger charge is -2.36. The standard InChI is InChI=1S/C14H18F3N3/c15-14(16,17)10-4-3-7-20(8-10)13-11-5-1-2-6-12(11)18-9-19-13/h9-10H,1-8H2. The van der Waals surface area contributed by atoms with Crippen LogP contribution in [0, 0.1) is 5.92 Å². The molecule has 2 aliphatic rings. The fraction of sp³-hybridized carbons (Fsp3) is 0.714. The molecule has 3 rings (SSSR count). The Labute approximate surface area is 116 Å². The van der Waals surface area contributed by atoms with E-state index in [1.807, 2.05) is 4.90 Å². The fourth-order valence-electron chi connectivity index (χ4n) is 3.21. The summed E-state index contributed by atoms with van der Waals surface area (Å²) in [5, 5.41) is 0. The number of hydrogen-bond donors (Lipinski definition) is 0. The molecule has 1 fully saturated rings. The topological polar surface area (TPSA) is 29.0 Å². The van der Waals surface area contributed by atoms with Gasteiger partial charge in [0.05, 0.1) is 5.92 Å². The second-order valence-corrected chi connectivity index (χ2v) is 5.66. The number of aryl methyl sites for hydroxylation is 1. The first kappa shape index (κ1) is 13.6. The third-order valence-electron chi connectivity index (χ3n) is 4.29. The Hall–Kier alpha value is -1.33. The van der Waals surface area contributed by atoms with E-state index in [0.717, 1.165) is 42.8 Å². The van der Waals surface area contributed by atoms with Gasteiger partial charge in [-0.2, -0.15) is 13.2 Å². The van der Waals surface area contributed by atoms with E-state index >= 15 is 0 Å². The van der Waals surface area contributed by atoms with E-state index in [1.54, 1.807) is 0 Å². The fourth-order valence-corrected chi connectivity index (χ4v) is 3.21. The highest BCUT2D eigenvalue weighted by Crippen LogP contribution is 2.36. The van der Waals surface area contributed by atoms with Crippen molar-refractivity contribution in [3.8, 4) is 0 Å². The van der Waals surface area contributed by atoms with Gasteiger partial charge in [-0.15, -0.1) is 0 Å². The van der Waals surface area contributed by atoms with Crippen LogP contribution < -0.4 is 4.90 Å². The molecule has 6 heteroatoms. The van der Waals surface area contributed by atoms with Crippen molar-refractivity contribution in [2.75, 3.05) is 18.0 Å². The van der Waals surface area contributed by atoms with Gasteiger partial charge in [-0.1, -0.05) is 0 Å². The summed E-state index contributed by atoms with van der Waals surface area (Å²) in [6.45, 7) is 0.697. The first-order chi connectivity index (χ1) is 9.55. The molecule has 0 radical (unpaired) electrons. The van der Waals surface area contributed by atoms with Gasteiger partial charge >= 0.3 is 6.18 Å². The average Bonchev–Trinajstić information content (AvgIpc) is 2.46. The third kappa shape index (κ3) is 2.60. The van der Waals surface area contributed by atoms with Gasteiger partial charge in [-0.3, -0.25) is 0 Å². The van der Waals surface area contributed by atoms with Crippen LogP contribution >= 0.6 is 0 Å². The number of alkyl halides is 3. The number of halogens is 3. The zero-order valence-electron chi connectivity index (χ0n) is 11.3. The van der Waals surface area contributed by atoms with Crippen molar-refractivity contribution in [3.63, 3.8) is 0 Å². The first-order valence-corrected chi connectivity index (χ1v) is 7.20. The molecule has 0 aromatic carbocycles. The van der Waals surface area contributed by atoms with Crippen molar-refractivity contribution < 1.29 is 13.2 Å². The lowest BCUT2D eigenvalue weighted by atomic mass is 9.94. The molecular weight excluding hydrogens is 267 g/mol. The molecule has 20 heavy (non-hydrogen) atoms. The SMILES string of the molecule is FC(F)(F)C1CCCN(c2ncnc3c2CCCC3)C1. The van der Waals surface area contributed by atoms with Crippen LogP contribution in [0.4, 0.5) is 19.0 Å². The highest BCUT2D eigenvalue weighted by Gasteiger charge is 2.42. The van der Waals surface area contributed by atoms with Crippen molar-refractivity contribution in [1.29, 1.82) is 0 Å². The quantitative estimate of drug-likeness (QED) is 0.794. The minimum Gasteiger partial charge on any atom is -0.356 e. The van der Waals surface area contributed by atoms with Crippen molar-refractivity contribution in [3.05, 3.63) is 17.6 Å². The summed E-state index contributed by atoms with van der Waals surface area (Å²) in [6.07, 6.45) is 2.18. The largest absolute Gasteiger partial charge is 0.393 e. The third-order valence-corrected chi connectivity index (χ3v) is 4.29. The van der Waals surface area contributed by atoms with Crippen molar-refractivity contribution in [2.45, 2.75) is 44.7 Å². The van der Waals surface area contributed by atoms with Crippen LogP contribution in [-0.2, 0) is 12.8 Å². The van der Waals surface area contributed by atoms with E-state index in [2.05, 4.69) is 9.97 Å². The maximum Gasteiger partial charge on any atom is 0.393 e. The molecule has 1 aromatic rings. The maximum absolute atomic E-state index is 12.9. The molecule has 1 atom stereocenters. The number of fused-ring (bicyclic) bond motifs is 1. The molecule has 0 amide bonds. The molecule has 1 aromatic heterocycles. The van der Waals surface area contributed by atoms with E-state index in [1.165, 1.54) is 6.33 Å². The molecule has 1 aliphatic carbocycles. The molecule has 0 saturated carbocycles. The average molecular weight is 285 g/mol. The molecule has 1 unspecified atom stereocenters. The Balaban J connectivity index is 1.86. The van der Waals surface area contributed by atoms with Crippen LogP contribution in [0.1, 0.15) is 36.9 Å². The van der Waals surface area contributed by atoms with E-state index < -0.39 is 12.1 Å². The summed E-state index contributed by atoms with van der Waals surface area (Å²) in [5.41, 5.74) is 2.09. The Kier molecular flexibility index (Phi) is 3.56. The summed E-state index contributed by atoms with van der Waals surface area (Å²) >= 11 is 0. The van der Waals surface area contributed by atoms with Gasteiger partial charge in [-0.25, -0.2) is 9.97 Å². The number of hydrogen-bond acceptors (Lipinski definition) is 3. The molecule has 0 bridgehead atoms. The molecule has 110 valence electrons. The molecule has 0 N–H and O–H groups in total. The van der Waals surface area contributed by atoms with Crippen LogP contribution in [-0.4, -0.2) is 29.2 Å². The molecule has 1 aliphatic heterocycles. The summed E-state index contributed by atoms with van der Waals surface area (Å²) in [6, 6.07) is 0. The van der Waals surface area contributed by atoms with E-state index in [9.17, 15) is 13.2 Å². The zero-order chi connectivity index (χ0) is 14.2. The minimum atomic E-state index is -4.11. The number of nitrogens with zero attached hydrogens (tertiary/aromatic N) is 3. The second kappa shape index (κ2) is 5.22. The van der Waals surface area contributed by atoms with Crippen molar-refractivity contribution in [2.24, 2.45) is 5.92 Å². The van der Waals surface area contributed by atoms with Crippen molar-refractivity contribution >= 4 is 5.82 Å². The van der Waals surface area contributed by atoms with Crippen LogP contribution in [0.5, 0.6) is 0 Å². The van der Waals surface area contributed by atoms with Crippen LogP contribution in [0.3, 0.4) is 0 Å². The predicted molar refractivity (Wildman–Crippen MR) is 69.7 cm³/mol. The van der Waals surface area contributed by atoms with Crippen LogP contribution in [0.25, 0.3) is 0 Å². The highest BCUT2D eigenvalue weighted by atomic mass is 19.4. The Morgan fingerprint density at radius 1 is 1.10 bits per heavy atom. The Bertz CT molecular complexity index is 487. The van der Waals surface area contributed by atoms with Crippen LogP contribution in [0.15, 0.2) is 6.33 Å². The second-order valence-electron chi connectivity index (χ2n) is 5.66. The van der Waals surface area contributed by atoms with Gasteiger partial charge < -0.3 is 4.90 Å². The number of aromatic nitrogens is 2. The molecule has 2 heterocycles. The lowest BCUT2D eigenvalue weighted by molar-refractivity contribution is -0.176. The minimum absolute atomic E-state index is 0.0347. The highest BCUT2D eigenvalue weighted by molar-refractivity contribution is 5.50. The number of piperidine rings is 1. The monoisotopic (exact) mass is 285 g/mol. The summed E-state index contributed by atoms with van der Waals surface area (Å²) in [5.74, 6) is -0.492. The maximum atomic E-state index is 12.9. The van der Waals surface area contributed by atoms with E-state index in [0.29, 0.717) is 13.0 Å². The Morgan fingerprint density at radius 3 is 2.70 bits per heavy atom. The molecule has 1 saturated heterocycles. The van der Waals surface area contributed by atoms with Crippen LogP contribution in [0.2, 0.25) is 0 Å². The first-order valence-electron chi connectivity index (χ1n) is 7.20. The predicted octanol–water partition coefficient (Wildman–Crippen LogP) is 3.13. The van der Waals surface area contributed by atoms with E-state index in [-0.39, 0.29) is 13.0 Å². The summed E-state index contributed by atoms with van der Waals surface area (Å²) in [7, 11) is 0. The zero-order valence-corrected chi connectivity index (χ0v) is 11.3. The van der Waals surface area contributed by atoms with Gasteiger partial charge in [0.1, 0.15) is 12.1 Å². The smallest absolute Gasteiger partial charge is 0.356 e.